The molecule has 2 N–H and O–H groups in total. The molecular weight excluding hydrogens is 297 g/mol. The van der Waals surface area contributed by atoms with Crippen LogP contribution in [0.3, 0.4) is 0 Å². The minimum atomic E-state index is -0.814. The van der Waals surface area contributed by atoms with Gasteiger partial charge >= 0.3 is 0 Å². The lowest BCUT2D eigenvalue weighted by atomic mass is 10.1. The normalized spacial score (nSPS) is 19.4. The van der Waals surface area contributed by atoms with E-state index in [0.717, 1.165) is 18.2 Å². The van der Waals surface area contributed by atoms with Gasteiger partial charge < -0.3 is 10.5 Å². The van der Waals surface area contributed by atoms with E-state index in [1.807, 2.05) is 0 Å². The topological polar surface area (TPSA) is 38.5 Å². The fourth-order valence-corrected chi connectivity index (χ4v) is 1.99. The van der Waals surface area contributed by atoms with Gasteiger partial charge in [-0.3, -0.25) is 4.90 Å². The molecule has 110 valence electrons. The summed E-state index contributed by atoms with van der Waals surface area (Å²) in [6.07, 6.45) is 0. The van der Waals surface area contributed by atoms with E-state index >= 15 is 0 Å². The average Bonchev–Trinajstić information content (AvgIpc) is 2.34. The van der Waals surface area contributed by atoms with Crippen molar-refractivity contribution >= 4 is 24.8 Å². The zero-order valence-electron chi connectivity index (χ0n) is 10.4. The molecule has 19 heavy (non-hydrogen) atoms. The Morgan fingerprint density at radius 1 is 1.26 bits per heavy atom. The van der Waals surface area contributed by atoms with Crippen LogP contribution >= 0.6 is 24.8 Å². The molecule has 0 bridgehead atoms. The van der Waals surface area contributed by atoms with Crippen molar-refractivity contribution in [3.8, 4) is 0 Å². The van der Waals surface area contributed by atoms with Gasteiger partial charge in [0.25, 0.3) is 0 Å². The van der Waals surface area contributed by atoms with E-state index in [1.165, 1.54) is 6.07 Å². The fourth-order valence-electron chi connectivity index (χ4n) is 1.99. The molecule has 1 atom stereocenters. The lowest BCUT2D eigenvalue weighted by Crippen LogP contribution is -2.48. The third-order valence-corrected chi connectivity index (χ3v) is 2.99. The Kier molecular flexibility index (Phi) is 8.45. The molecule has 1 unspecified atom stereocenters. The number of ether oxygens (including phenoxy) is 1. The van der Waals surface area contributed by atoms with Crippen molar-refractivity contribution in [1.29, 1.82) is 0 Å². The van der Waals surface area contributed by atoms with Gasteiger partial charge in [0.2, 0.25) is 0 Å². The van der Waals surface area contributed by atoms with Crippen molar-refractivity contribution < 1.29 is 13.5 Å². The molecule has 2 rings (SSSR count). The van der Waals surface area contributed by atoms with Crippen LogP contribution in [-0.2, 0) is 11.3 Å². The molecule has 0 amide bonds. The van der Waals surface area contributed by atoms with Crippen LogP contribution in [0.2, 0.25) is 0 Å². The maximum Gasteiger partial charge on any atom is 0.159 e. The first-order valence-electron chi connectivity index (χ1n) is 5.66. The smallest absolute Gasteiger partial charge is 0.159 e. The number of nitrogens with two attached hydrogens (primary N) is 1. The Labute approximate surface area is 123 Å². The van der Waals surface area contributed by atoms with E-state index in [4.69, 9.17) is 10.5 Å². The second kappa shape index (κ2) is 8.66. The number of morpholine rings is 1. The predicted octanol–water partition coefficient (Wildman–Crippen LogP) is 1.97. The fraction of sp³-hybridized carbons (Fsp3) is 0.500. The number of hydrogen-bond acceptors (Lipinski definition) is 3. The Morgan fingerprint density at radius 2 is 2.00 bits per heavy atom. The number of rotatable bonds is 3. The van der Waals surface area contributed by atoms with E-state index in [2.05, 4.69) is 4.90 Å². The summed E-state index contributed by atoms with van der Waals surface area (Å²) in [5.74, 6) is -1.62. The highest BCUT2D eigenvalue weighted by atomic mass is 35.5. The van der Waals surface area contributed by atoms with Crippen molar-refractivity contribution in [2.24, 2.45) is 5.73 Å². The standard InChI is InChI=1S/C12H16F2N2O.2ClH/c13-11-2-1-9(5-12(11)14)7-16-3-4-17-8-10(16)6-15;;/h1-2,5,10H,3-4,6-8,15H2;2*1H. The van der Waals surface area contributed by atoms with Gasteiger partial charge in [0.05, 0.1) is 13.2 Å². The molecule has 1 aliphatic rings. The highest BCUT2D eigenvalue weighted by Crippen LogP contribution is 2.14. The molecule has 1 heterocycles. The van der Waals surface area contributed by atoms with Gasteiger partial charge in [-0.2, -0.15) is 0 Å². The van der Waals surface area contributed by atoms with Crippen molar-refractivity contribution in [3.63, 3.8) is 0 Å². The minimum absolute atomic E-state index is 0. The molecule has 1 saturated heterocycles. The molecule has 0 aliphatic carbocycles. The second-order valence-electron chi connectivity index (χ2n) is 4.18. The molecular formula is C12H18Cl2F2N2O. The van der Waals surface area contributed by atoms with Crippen LogP contribution in [0.1, 0.15) is 5.56 Å². The third kappa shape index (κ3) is 4.85. The van der Waals surface area contributed by atoms with Crippen molar-refractivity contribution in [2.45, 2.75) is 12.6 Å². The maximum absolute atomic E-state index is 13.1. The van der Waals surface area contributed by atoms with Gasteiger partial charge in [0, 0.05) is 25.7 Å². The Bertz CT molecular complexity index is 396. The monoisotopic (exact) mass is 314 g/mol. The molecule has 0 aromatic heterocycles. The molecule has 7 heteroatoms. The molecule has 0 radical (unpaired) electrons. The molecule has 1 aromatic rings. The molecule has 1 fully saturated rings. The van der Waals surface area contributed by atoms with E-state index in [9.17, 15) is 8.78 Å². The summed E-state index contributed by atoms with van der Waals surface area (Å²) in [5.41, 5.74) is 6.40. The van der Waals surface area contributed by atoms with Gasteiger partial charge in [0.15, 0.2) is 11.6 Å². The summed E-state index contributed by atoms with van der Waals surface area (Å²) in [6.45, 7) is 3.09. The second-order valence-corrected chi connectivity index (χ2v) is 4.18. The Hall–Kier alpha value is -0.460. The van der Waals surface area contributed by atoms with Gasteiger partial charge in [-0.05, 0) is 17.7 Å². The first-order chi connectivity index (χ1) is 8.20. The van der Waals surface area contributed by atoms with Gasteiger partial charge in [-0.15, -0.1) is 24.8 Å². The molecule has 3 nitrogen and oxygen atoms in total. The van der Waals surface area contributed by atoms with Crippen molar-refractivity contribution in [2.75, 3.05) is 26.3 Å². The minimum Gasteiger partial charge on any atom is -0.378 e. The molecule has 1 aliphatic heterocycles. The summed E-state index contributed by atoms with van der Waals surface area (Å²) in [4.78, 5) is 2.14. The van der Waals surface area contributed by atoms with Crippen LogP contribution in [0.15, 0.2) is 18.2 Å². The first kappa shape index (κ1) is 18.5. The Balaban J connectivity index is 0.00000162. The van der Waals surface area contributed by atoms with E-state index in [1.54, 1.807) is 6.07 Å². The number of benzene rings is 1. The number of hydrogen-bond donors (Lipinski definition) is 1. The number of nitrogens with zero attached hydrogens (tertiary/aromatic N) is 1. The lowest BCUT2D eigenvalue weighted by molar-refractivity contribution is -0.00797. The summed E-state index contributed by atoms with van der Waals surface area (Å²) in [7, 11) is 0. The highest BCUT2D eigenvalue weighted by Gasteiger charge is 2.21. The zero-order valence-corrected chi connectivity index (χ0v) is 12.0. The molecule has 0 spiro atoms. The van der Waals surface area contributed by atoms with Crippen LogP contribution in [-0.4, -0.2) is 37.2 Å². The van der Waals surface area contributed by atoms with Crippen LogP contribution in [0, 0.1) is 11.6 Å². The van der Waals surface area contributed by atoms with Crippen LogP contribution in [0.5, 0.6) is 0 Å². The largest absolute Gasteiger partial charge is 0.378 e. The summed E-state index contributed by atoms with van der Waals surface area (Å²) in [5, 5.41) is 0. The quantitative estimate of drug-likeness (QED) is 0.927. The van der Waals surface area contributed by atoms with E-state index in [-0.39, 0.29) is 30.9 Å². The maximum atomic E-state index is 13.1. The third-order valence-electron chi connectivity index (χ3n) is 2.99. The molecule has 0 saturated carbocycles. The van der Waals surface area contributed by atoms with Gasteiger partial charge in [-0.25, -0.2) is 8.78 Å². The Morgan fingerprint density at radius 3 is 2.63 bits per heavy atom. The summed E-state index contributed by atoms with van der Waals surface area (Å²) < 4.78 is 31.2. The van der Waals surface area contributed by atoms with Crippen LogP contribution in [0.25, 0.3) is 0 Å². The molecule has 1 aromatic carbocycles. The van der Waals surface area contributed by atoms with Gasteiger partial charge in [-0.1, -0.05) is 6.07 Å². The van der Waals surface area contributed by atoms with Crippen LogP contribution < -0.4 is 5.73 Å². The van der Waals surface area contributed by atoms with Gasteiger partial charge in [0.1, 0.15) is 0 Å². The predicted molar refractivity (Wildman–Crippen MR) is 74.9 cm³/mol. The van der Waals surface area contributed by atoms with Crippen molar-refractivity contribution in [3.05, 3.63) is 35.4 Å². The van der Waals surface area contributed by atoms with Crippen LogP contribution in [0.4, 0.5) is 8.78 Å². The zero-order chi connectivity index (χ0) is 12.3. The SMILES string of the molecule is Cl.Cl.NCC1COCCN1Cc1ccc(F)c(F)c1. The van der Waals surface area contributed by atoms with Crippen molar-refractivity contribution in [1.82, 2.24) is 4.90 Å². The summed E-state index contributed by atoms with van der Waals surface area (Å²) in [6, 6.07) is 4.14. The lowest BCUT2D eigenvalue weighted by Gasteiger charge is -2.34. The number of halogens is 4. The highest BCUT2D eigenvalue weighted by molar-refractivity contribution is 5.85. The van der Waals surface area contributed by atoms with E-state index < -0.39 is 11.6 Å². The average molecular weight is 315 g/mol. The van der Waals surface area contributed by atoms with E-state index in [0.29, 0.717) is 26.3 Å². The first-order valence-corrected chi connectivity index (χ1v) is 5.66. The summed E-state index contributed by atoms with van der Waals surface area (Å²) >= 11 is 0.